The van der Waals surface area contributed by atoms with Crippen LogP contribution in [0.25, 0.3) is 0 Å². The van der Waals surface area contributed by atoms with Crippen molar-refractivity contribution in [1.82, 2.24) is 14.8 Å². The van der Waals surface area contributed by atoms with Gasteiger partial charge in [0.1, 0.15) is 17.2 Å². The van der Waals surface area contributed by atoms with E-state index in [-0.39, 0.29) is 23.5 Å². The number of benzene rings is 2. The zero-order valence-corrected chi connectivity index (χ0v) is 19.4. The molecular formula is C23H28N4O4S. The van der Waals surface area contributed by atoms with Crippen LogP contribution in [0.1, 0.15) is 32.7 Å². The van der Waals surface area contributed by atoms with Crippen molar-refractivity contribution in [2.45, 2.75) is 38.6 Å². The minimum Gasteiger partial charge on any atom is -0.506 e. The molecular weight excluding hydrogens is 428 g/mol. The molecule has 2 N–H and O–H groups in total. The fraction of sp³-hybridized carbons (Fsp3) is 0.348. The number of aromatic nitrogens is 3. The molecule has 1 amide bonds. The highest BCUT2D eigenvalue weighted by atomic mass is 32.2. The number of hydrogen-bond donors (Lipinski definition) is 2. The number of aromatic hydroxyl groups is 1. The van der Waals surface area contributed by atoms with E-state index in [2.05, 4.69) is 29.4 Å². The van der Waals surface area contributed by atoms with Crippen LogP contribution in [0, 0.1) is 5.92 Å². The summed E-state index contributed by atoms with van der Waals surface area (Å²) in [6.07, 6.45) is -0.349. The number of rotatable bonds is 10. The third kappa shape index (κ3) is 6.16. The number of phenolic OH excluding ortho intramolecular Hbond substituents is 1. The molecule has 9 heteroatoms. The molecule has 1 aromatic heterocycles. The Morgan fingerprint density at radius 3 is 2.59 bits per heavy atom. The molecule has 3 rings (SSSR count). The molecule has 3 aromatic rings. The van der Waals surface area contributed by atoms with Gasteiger partial charge in [0.2, 0.25) is 5.91 Å². The summed E-state index contributed by atoms with van der Waals surface area (Å²) >= 11 is 1.29. The second-order valence-corrected chi connectivity index (χ2v) is 8.58. The van der Waals surface area contributed by atoms with Gasteiger partial charge in [-0.2, -0.15) is 0 Å². The van der Waals surface area contributed by atoms with Crippen LogP contribution in [-0.2, 0) is 11.3 Å². The Morgan fingerprint density at radius 2 is 1.88 bits per heavy atom. The lowest BCUT2D eigenvalue weighted by Gasteiger charge is -2.18. The van der Waals surface area contributed by atoms with Crippen LogP contribution in [0.4, 0.5) is 5.69 Å². The number of hydrogen-bond acceptors (Lipinski definition) is 7. The number of phenols is 1. The summed E-state index contributed by atoms with van der Waals surface area (Å²) < 4.78 is 13.3. The fourth-order valence-corrected chi connectivity index (χ4v) is 3.83. The number of amides is 1. The maximum Gasteiger partial charge on any atom is 0.234 e. The number of nitrogens with zero attached hydrogens (tertiary/aromatic N) is 3. The van der Waals surface area contributed by atoms with Gasteiger partial charge in [-0.05, 0) is 37.1 Å². The molecule has 0 spiro atoms. The van der Waals surface area contributed by atoms with Gasteiger partial charge in [-0.3, -0.25) is 4.79 Å². The minimum absolute atomic E-state index is 0.0274. The van der Waals surface area contributed by atoms with Gasteiger partial charge < -0.3 is 24.5 Å². The second kappa shape index (κ2) is 10.9. The van der Waals surface area contributed by atoms with Crippen LogP contribution in [-0.4, -0.2) is 38.6 Å². The van der Waals surface area contributed by atoms with Crippen molar-refractivity contribution in [2.75, 3.05) is 18.2 Å². The molecule has 2 aromatic carbocycles. The van der Waals surface area contributed by atoms with Gasteiger partial charge in [0.05, 0.1) is 18.6 Å². The Hall–Kier alpha value is -3.20. The van der Waals surface area contributed by atoms with Crippen molar-refractivity contribution in [3.8, 4) is 17.2 Å². The summed E-state index contributed by atoms with van der Waals surface area (Å²) in [5.41, 5.74) is 0.378. The molecule has 1 unspecified atom stereocenters. The van der Waals surface area contributed by atoms with Crippen molar-refractivity contribution < 1.29 is 19.4 Å². The summed E-state index contributed by atoms with van der Waals surface area (Å²) in [7, 11) is 1.61. The first kappa shape index (κ1) is 23.5. The molecule has 0 fully saturated rings. The van der Waals surface area contributed by atoms with Crippen molar-refractivity contribution in [3.63, 3.8) is 0 Å². The number of para-hydroxylation sites is 2. The summed E-state index contributed by atoms with van der Waals surface area (Å²) in [5, 5.41) is 21.8. The Bertz CT molecular complexity index is 1050. The molecule has 0 aliphatic carbocycles. The fourth-order valence-electron chi connectivity index (χ4n) is 3.07. The summed E-state index contributed by atoms with van der Waals surface area (Å²) in [4.78, 5) is 12.4. The monoisotopic (exact) mass is 456 g/mol. The summed E-state index contributed by atoms with van der Waals surface area (Å²) in [5.74, 6) is 2.35. The van der Waals surface area contributed by atoms with E-state index in [4.69, 9.17) is 9.47 Å². The van der Waals surface area contributed by atoms with Crippen molar-refractivity contribution in [3.05, 3.63) is 54.4 Å². The number of carbonyl (C=O) groups excluding carboxylic acids is 1. The zero-order valence-electron chi connectivity index (χ0n) is 18.6. The Labute approximate surface area is 192 Å². The number of anilines is 1. The van der Waals surface area contributed by atoms with Crippen molar-refractivity contribution in [2.24, 2.45) is 5.92 Å². The van der Waals surface area contributed by atoms with E-state index in [1.165, 1.54) is 17.8 Å². The van der Waals surface area contributed by atoms with Crippen LogP contribution < -0.4 is 14.8 Å². The molecule has 8 nitrogen and oxygen atoms in total. The minimum atomic E-state index is -0.349. The highest BCUT2D eigenvalue weighted by Crippen LogP contribution is 2.28. The third-order valence-electron chi connectivity index (χ3n) is 4.52. The lowest BCUT2D eigenvalue weighted by atomic mass is 10.2. The number of nitrogens with one attached hydrogen (secondary N) is 1. The maximum absolute atomic E-state index is 12.4. The number of carbonyl (C=O) groups is 1. The normalized spacial score (nSPS) is 11.9. The van der Waals surface area contributed by atoms with E-state index < -0.39 is 0 Å². The molecule has 0 saturated heterocycles. The van der Waals surface area contributed by atoms with Crippen LogP contribution >= 0.6 is 11.8 Å². The molecule has 170 valence electrons. The molecule has 1 heterocycles. The first-order valence-corrected chi connectivity index (χ1v) is 11.3. The van der Waals surface area contributed by atoms with E-state index >= 15 is 0 Å². The molecule has 0 aliphatic rings. The molecule has 1 atom stereocenters. The SMILES string of the molecule is COc1cccc(OC(C)c2nnc(SCC(=O)Nc3ccccc3O)n2CC(C)C)c1. The number of methoxy groups -OCH3 is 1. The van der Waals surface area contributed by atoms with E-state index in [9.17, 15) is 9.90 Å². The predicted octanol–water partition coefficient (Wildman–Crippen LogP) is 4.52. The van der Waals surface area contributed by atoms with Gasteiger partial charge in [-0.15, -0.1) is 10.2 Å². The molecule has 0 bridgehead atoms. The lowest BCUT2D eigenvalue weighted by Crippen LogP contribution is -2.17. The molecule has 0 radical (unpaired) electrons. The van der Waals surface area contributed by atoms with Gasteiger partial charge >= 0.3 is 0 Å². The van der Waals surface area contributed by atoms with E-state index in [1.807, 2.05) is 35.8 Å². The first-order valence-electron chi connectivity index (χ1n) is 10.3. The highest BCUT2D eigenvalue weighted by molar-refractivity contribution is 7.99. The Balaban J connectivity index is 1.71. The van der Waals surface area contributed by atoms with Gasteiger partial charge in [0, 0.05) is 12.6 Å². The predicted molar refractivity (Wildman–Crippen MR) is 124 cm³/mol. The highest BCUT2D eigenvalue weighted by Gasteiger charge is 2.21. The van der Waals surface area contributed by atoms with Gasteiger partial charge in [0.25, 0.3) is 0 Å². The topological polar surface area (TPSA) is 98.5 Å². The van der Waals surface area contributed by atoms with E-state index in [0.717, 1.165) is 0 Å². The molecule has 0 saturated carbocycles. The lowest BCUT2D eigenvalue weighted by molar-refractivity contribution is -0.113. The smallest absolute Gasteiger partial charge is 0.234 e. The Kier molecular flexibility index (Phi) is 7.99. The maximum atomic E-state index is 12.4. The Morgan fingerprint density at radius 1 is 1.12 bits per heavy atom. The zero-order chi connectivity index (χ0) is 23.1. The quantitative estimate of drug-likeness (QED) is 0.342. The van der Waals surface area contributed by atoms with Crippen molar-refractivity contribution in [1.29, 1.82) is 0 Å². The van der Waals surface area contributed by atoms with Gasteiger partial charge in [0.15, 0.2) is 17.1 Å². The number of thioether (sulfide) groups is 1. The van der Waals surface area contributed by atoms with Crippen LogP contribution in [0.15, 0.2) is 53.7 Å². The second-order valence-electron chi connectivity index (χ2n) is 7.64. The summed E-state index contributed by atoms with van der Waals surface area (Å²) in [6.45, 7) is 6.82. The average Bonchev–Trinajstić information content (AvgIpc) is 3.16. The van der Waals surface area contributed by atoms with Gasteiger partial charge in [-0.1, -0.05) is 43.8 Å². The standard InChI is InChI=1S/C23H28N4O4S/c1-15(2)13-27-22(16(3)31-18-9-7-8-17(12-18)30-4)25-26-23(27)32-14-21(29)24-19-10-5-6-11-20(19)28/h5-12,15-16,28H,13-14H2,1-4H3,(H,24,29). The number of ether oxygens (including phenoxy) is 2. The van der Waals surface area contributed by atoms with Crippen molar-refractivity contribution >= 4 is 23.4 Å². The molecule has 0 aliphatic heterocycles. The van der Waals surface area contributed by atoms with Crippen LogP contribution in [0.2, 0.25) is 0 Å². The van der Waals surface area contributed by atoms with Crippen LogP contribution in [0.3, 0.4) is 0 Å². The first-order chi connectivity index (χ1) is 15.4. The largest absolute Gasteiger partial charge is 0.506 e. The van der Waals surface area contributed by atoms with E-state index in [1.54, 1.807) is 25.3 Å². The molecule has 32 heavy (non-hydrogen) atoms. The third-order valence-corrected chi connectivity index (χ3v) is 5.49. The van der Waals surface area contributed by atoms with Gasteiger partial charge in [-0.25, -0.2) is 0 Å². The van der Waals surface area contributed by atoms with Crippen LogP contribution in [0.5, 0.6) is 17.2 Å². The summed E-state index contributed by atoms with van der Waals surface area (Å²) in [6, 6.07) is 14.0. The average molecular weight is 457 g/mol. The van der Waals surface area contributed by atoms with E-state index in [0.29, 0.717) is 40.6 Å².